The van der Waals surface area contributed by atoms with Crippen LogP contribution in [0, 0.1) is 31.0 Å². The molecular formula is C17H13FN4O2S2. The van der Waals surface area contributed by atoms with Gasteiger partial charge in [0.15, 0.2) is 0 Å². The van der Waals surface area contributed by atoms with Crippen molar-refractivity contribution >= 4 is 34.0 Å². The topological polar surface area (TPSA) is 91.8 Å². The molecule has 0 saturated carbocycles. The Labute approximate surface area is 157 Å². The van der Waals surface area contributed by atoms with Gasteiger partial charge in [0.25, 0.3) is 5.22 Å². The van der Waals surface area contributed by atoms with Crippen LogP contribution in [0.3, 0.4) is 0 Å². The lowest BCUT2D eigenvalue weighted by Gasteiger charge is -2.01. The zero-order valence-electron chi connectivity index (χ0n) is 13.9. The van der Waals surface area contributed by atoms with Crippen molar-refractivity contribution in [1.82, 2.24) is 10.2 Å². The summed E-state index contributed by atoms with van der Waals surface area (Å²) in [5, 5.41) is 20.5. The summed E-state index contributed by atoms with van der Waals surface area (Å²) in [6.45, 7) is 3.75. The summed E-state index contributed by atoms with van der Waals surface area (Å²) in [6, 6.07) is 7.79. The number of hydrogen-bond donors (Lipinski definition) is 1. The minimum absolute atomic E-state index is 0.0614. The van der Waals surface area contributed by atoms with Crippen LogP contribution in [0.25, 0.3) is 11.5 Å². The lowest BCUT2D eigenvalue weighted by molar-refractivity contribution is -0.113. The molecule has 3 rings (SSSR count). The van der Waals surface area contributed by atoms with Crippen molar-refractivity contribution in [1.29, 1.82) is 5.26 Å². The third-order valence-corrected chi connectivity index (χ3v) is 5.52. The van der Waals surface area contributed by atoms with Gasteiger partial charge in [0.1, 0.15) is 16.9 Å². The van der Waals surface area contributed by atoms with E-state index in [2.05, 4.69) is 21.6 Å². The maximum absolute atomic E-state index is 12.9. The molecule has 0 aliphatic carbocycles. The van der Waals surface area contributed by atoms with Crippen molar-refractivity contribution in [2.75, 3.05) is 11.1 Å². The Kier molecular flexibility index (Phi) is 5.35. The largest absolute Gasteiger partial charge is 0.411 e. The molecule has 26 heavy (non-hydrogen) atoms. The third-order valence-electron chi connectivity index (χ3n) is 3.57. The average Bonchev–Trinajstić information content (AvgIpc) is 3.19. The first kappa shape index (κ1) is 18.1. The number of nitriles is 1. The number of rotatable bonds is 5. The zero-order chi connectivity index (χ0) is 18.7. The summed E-state index contributed by atoms with van der Waals surface area (Å²) in [6.07, 6.45) is 0. The van der Waals surface area contributed by atoms with E-state index in [0.717, 1.165) is 22.2 Å². The SMILES string of the molecule is Cc1sc(NC(=O)CSc2nnc(-c3ccc(F)cc3)o2)c(C#N)c1C. The summed E-state index contributed by atoms with van der Waals surface area (Å²) in [7, 11) is 0. The number of nitrogens with zero attached hydrogens (tertiary/aromatic N) is 3. The van der Waals surface area contributed by atoms with Crippen LogP contribution in [0.2, 0.25) is 0 Å². The molecule has 0 bridgehead atoms. The first-order valence-electron chi connectivity index (χ1n) is 7.50. The molecule has 0 spiro atoms. The van der Waals surface area contributed by atoms with E-state index in [4.69, 9.17) is 4.42 Å². The molecule has 2 heterocycles. The number of benzene rings is 1. The standard InChI is InChI=1S/C17H13FN4O2S2/c1-9-10(2)26-16(13(9)7-19)20-14(23)8-25-17-22-21-15(24-17)11-3-5-12(18)6-4-11/h3-6H,8H2,1-2H3,(H,20,23). The van der Waals surface area contributed by atoms with Crippen molar-refractivity contribution < 1.29 is 13.6 Å². The molecular weight excluding hydrogens is 375 g/mol. The van der Waals surface area contributed by atoms with Crippen LogP contribution in [0.1, 0.15) is 16.0 Å². The minimum atomic E-state index is -0.352. The number of hydrogen-bond acceptors (Lipinski definition) is 7. The van der Waals surface area contributed by atoms with Crippen LogP contribution in [-0.2, 0) is 4.79 Å². The van der Waals surface area contributed by atoms with Crippen LogP contribution in [0.5, 0.6) is 0 Å². The lowest BCUT2D eigenvalue weighted by atomic mass is 10.2. The van der Waals surface area contributed by atoms with E-state index in [-0.39, 0.29) is 28.6 Å². The van der Waals surface area contributed by atoms with Gasteiger partial charge in [-0.2, -0.15) is 5.26 Å². The Hall–Kier alpha value is -2.70. The lowest BCUT2D eigenvalue weighted by Crippen LogP contribution is -2.13. The van der Waals surface area contributed by atoms with Crippen LogP contribution >= 0.6 is 23.1 Å². The summed E-state index contributed by atoms with van der Waals surface area (Å²) >= 11 is 2.46. The highest BCUT2D eigenvalue weighted by atomic mass is 32.2. The van der Waals surface area contributed by atoms with Gasteiger partial charge < -0.3 is 9.73 Å². The van der Waals surface area contributed by atoms with E-state index in [0.29, 0.717) is 16.1 Å². The van der Waals surface area contributed by atoms with Crippen LogP contribution in [0.15, 0.2) is 33.9 Å². The molecule has 2 aromatic heterocycles. The van der Waals surface area contributed by atoms with E-state index in [1.54, 1.807) is 0 Å². The number of halogens is 1. The number of anilines is 1. The van der Waals surface area contributed by atoms with Crippen LogP contribution < -0.4 is 5.32 Å². The molecule has 9 heteroatoms. The number of carbonyl (C=O) groups excluding carboxylic acids is 1. The average molecular weight is 388 g/mol. The van der Waals surface area contributed by atoms with Crippen LogP contribution in [-0.4, -0.2) is 21.9 Å². The van der Waals surface area contributed by atoms with E-state index < -0.39 is 0 Å². The van der Waals surface area contributed by atoms with E-state index >= 15 is 0 Å². The smallest absolute Gasteiger partial charge is 0.277 e. The molecule has 132 valence electrons. The highest BCUT2D eigenvalue weighted by Crippen LogP contribution is 2.32. The van der Waals surface area contributed by atoms with Gasteiger partial charge in [-0.1, -0.05) is 11.8 Å². The predicted molar refractivity (Wildman–Crippen MR) is 97.6 cm³/mol. The molecule has 1 amide bonds. The molecule has 3 aromatic rings. The fourth-order valence-corrected chi connectivity index (χ4v) is 3.71. The Balaban J connectivity index is 1.61. The van der Waals surface area contributed by atoms with Gasteiger partial charge in [-0.05, 0) is 43.7 Å². The van der Waals surface area contributed by atoms with Gasteiger partial charge in [-0.3, -0.25) is 4.79 Å². The normalized spacial score (nSPS) is 10.5. The van der Waals surface area contributed by atoms with E-state index in [1.807, 2.05) is 13.8 Å². The van der Waals surface area contributed by atoms with E-state index in [1.165, 1.54) is 35.6 Å². The second kappa shape index (κ2) is 7.68. The van der Waals surface area contributed by atoms with Gasteiger partial charge in [-0.15, -0.1) is 21.5 Å². The van der Waals surface area contributed by atoms with E-state index in [9.17, 15) is 14.4 Å². The number of amides is 1. The van der Waals surface area contributed by atoms with Crippen molar-refractivity contribution in [2.45, 2.75) is 19.1 Å². The summed E-state index contributed by atoms with van der Waals surface area (Å²) < 4.78 is 18.4. The second-order valence-electron chi connectivity index (χ2n) is 5.32. The maximum atomic E-state index is 12.9. The second-order valence-corrected chi connectivity index (χ2v) is 7.47. The van der Waals surface area contributed by atoms with Gasteiger partial charge in [-0.25, -0.2) is 4.39 Å². The highest BCUT2D eigenvalue weighted by molar-refractivity contribution is 7.99. The predicted octanol–water partition coefficient (Wildman–Crippen LogP) is 4.16. The van der Waals surface area contributed by atoms with Crippen molar-refractivity contribution in [3.8, 4) is 17.5 Å². The van der Waals surface area contributed by atoms with Crippen molar-refractivity contribution in [3.63, 3.8) is 0 Å². The van der Waals surface area contributed by atoms with Crippen LogP contribution in [0.4, 0.5) is 9.39 Å². The fraction of sp³-hybridized carbons (Fsp3) is 0.176. The maximum Gasteiger partial charge on any atom is 0.277 e. The summed E-state index contributed by atoms with van der Waals surface area (Å²) in [5.74, 6) is -0.305. The first-order chi connectivity index (χ1) is 12.5. The monoisotopic (exact) mass is 388 g/mol. The molecule has 1 N–H and O–H groups in total. The molecule has 0 atom stereocenters. The molecule has 6 nitrogen and oxygen atoms in total. The first-order valence-corrected chi connectivity index (χ1v) is 9.30. The minimum Gasteiger partial charge on any atom is -0.411 e. The molecule has 0 saturated heterocycles. The Bertz CT molecular complexity index is 989. The Morgan fingerprint density at radius 3 is 2.77 bits per heavy atom. The van der Waals surface area contributed by atoms with Gasteiger partial charge in [0, 0.05) is 10.4 Å². The van der Waals surface area contributed by atoms with Crippen molar-refractivity contribution in [2.24, 2.45) is 0 Å². The summed E-state index contributed by atoms with van der Waals surface area (Å²) in [4.78, 5) is 13.1. The van der Waals surface area contributed by atoms with Gasteiger partial charge >= 0.3 is 0 Å². The molecule has 0 aliphatic rings. The molecule has 0 unspecified atom stereocenters. The molecule has 0 aliphatic heterocycles. The molecule has 0 fully saturated rings. The number of thioether (sulfide) groups is 1. The third kappa shape index (κ3) is 3.92. The number of thiophene rings is 1. The highest BCUT2D eigenvalue weighted by Gasteiger charge is 2.16. The number of nitrogens with one attached hydrogen (secondary N) is 1. The Morgan fingerprint density at radius 2 is 2.08 bits per heavy atom. The Morgan fingerprint density at radius 1 is 1.35 bits per heavy atom. The number of aromatic nitrogens is 2. The molecule has 1 aromatic carbocycles. The fourth-order valence-electron chi connectivity index (χ4n) is 2.12. The van der Waals surface area contributed by atoms with Gasteiger partial charge in [0.05, 0.1) is 11.3 Å². The quantitative estimate of drug-likeness (QED) is 0.660. The van der Waals surface area contributed by atoms with Gasteiger partial charge in [0.2, 0.25) is 11.8 Å². The number of aryl methyl sites for hydroxylation is 1. The molecule has 0 radical (unpaired) electrons. The van der Waals surface area contributed by atoms with Crippen molar-refractivity contribution in [3.05, 3.63) is 46.1 Å². The number of carbonyl (C=O) groups is 1. The zero-order valence-corrected chi connectivity index (χ0v) is 15.5. The summed E-state index contributed by atoms with van der Waals surface area (Å²) in [5.41, 5.74) is 1.96.